The molecule has 0 radical (unpaired) electrons. The van der Waals surface area contributed by atoms with E-state index in [0.29, 0.717) is 5.56 Å². The molecule has 0 saturated carbocycles. The Morgan fingerprint density at radius 2 is 2.22 bits per heavy atom. The van der Waals surface area contributed by atoms with Gasteiger partial charge in [-0.15, -0.1) is 0 Å². The summed E-state index contributed by atoms with van der Waals surface area (Å²) in [4.78, 5) is 16.6. The van der Waals surface area contributed by atoms with Crippen LogP contribution in [0.2, 0.25) is 0 Å². The van der Waals surface area contributed by atoms with E-state index in [1.54, 1.807) is 25.1 Å². The number of hydrogen-bond donors (Lipinski definition) is 2. The van der Waals surface area contributed by atoms with Crippen LogP contribution in [-0.2, 0) is 11.3 Å². The van der Waals surface area contributed by atoms with Crippen LogP contribution in [-0.4, -0.2) is 45.9 Å². The van der Waals surface area contributed by atoms with Crippen molar-refractivity contribution < 1.29 is 9.90 Å². The standard InChI is InChI=1S/C19H19BN4O2S/c1-3-24-16-7-5-4-6-15(16)22-19(24)27-12-18(26)23-21-11-13-10-14(20-2)8-9-17(13)25/h4-11,25H,2-3,12H2,1H3,(H,23,26)/b21-11+. The zero-order valence-electron chi connectivity index (χ0n) is 14.9. The van der Waals surface area contributed by atoms with E-state index < -0.39 is 0 Å². The third kappa shape index (κ3) is 4.46. The molecule has 0 unspecified atom stereocenters. The molecular weight excluding hydrogens is 359 g/mol. The molecule has 0 spiro atoms. The summed E-state index contributed by atoms with van der Waals surface area (Å²) >= 11 is 1.36. The molecule has 2 N–H and O–H groups in total. The van der Waals surface area contributed by atoms with Crippen LogP contribution in [0.15, 0.2) is 52.7 Å². The summed E-state index contributed by atoms with van der Waals surface area (Å²) in [5.74, 6) is 0.0363. The molecule has 0 saturated heterocycles. The molecule has 3 aromatic rings. The van der Waals surface area contributed by atoms with Gasteiger partial charge in [-0.3, -0.25) is 0 Å². The molecule has 0 bridgehead atoms. The number of fused-ring (bicyclic) bond motifs is 1. The van der Waals surface area contributed by atoms with Crippen LogP contribution in [0, 0.1) is 0 Å². The number of nitrogens with zero attached hydrogens (tertiary/aromatic N) is 3. The van der Waals surface area contributed by atoms with Gasteiger partial charge in [-0.1, -0.05) is 12.1 Å². The van der Waals surface area contributed by atoms with Crippen LogP contribution in [0.3, 0.4) is 0 Å². The number of thioether (sulfide) groups is 1. The number of rotatable bonds is 7. The summed E-state index contributed by atoms with van der Waals surface area (Å²) < 4.78 is 2.08. The number of amides is 1. The number of phenolic OH excluding ortho intramolecular Hbond substituents is 1. The zero-order chi connectivity index (χ0) is 19.2. The van der Waals surface area contributed by atoms with Gasteiger partial charge in [0.25, 0.3) is 0 Å². The van der Waals surface area contributed by atoms with Gasteiger partial charge in [0, 0.05) is 0 Å². The Morgan fingerprint density at radius 3 is 3.00 bits per heavy atom. The van der Waals surface area contributed by atoms with E-state index in [1.807, 2.05) is 31.2 Å². The molecule has 27 heavy (non-hydrogen) atoms. The second-order valence-electron chi connectivity index (χ2n) is 5.73. The molecule has 3 rings (SSSR count). The number of nitrogens with one attached hydrogen (secondary N) is 1. The van der Waals surface area contributed by atoms with Crippen molar-refractivity contribution in [3.05, 3.63) is 48.0 Å². The van der Waals surface area contributed by atoms with E-state index in [-0.39, 0.29) is 17.4 Å². The third-order valence-corrected chi connectivity index (χ3v) is 4.92. The molecule has 1 aromatic heterocycles. The van der Waals surface area contributed by atoms with Gasteiger partial charge >= 0.3 is 131 Å². The van der Waals surface area contributed by atoms with Crippen molar-refractivity contribution in [3.63, 3.8) is 0 Å². The van der Waals surface area contributed by atoms with Crippen molar-refractivity contribution in [1.29, 1.82) is 0 Å². The Balaban J connectivity index is 1.61. The Bertz CT molecular complexity index is 1020. The summed E-state index contributed by atoms with van der Waals surface area (Å²) in [6, 6.07) is 12.9. The fraction of sp³-hybridized carbons (Fsp3) is 0.158. The second-order valence-corrected chi connectivity index (χ2v) is 6.67. The van der Waals surface area contributed by atoms with E-state index in [1.165, 1.54) is 18.0 Å². The van der Waals surface area contributed by atoms with Crippen LogP contribution < -0.4 is 10.9 Å². The van der Waals surface area contributed by atoms with Gasteiger partial charge in [0.05, 0.1) is 0 Å². The van der Waals surface area contributed by atoms with Crippen LogP contribution in [0.25, 0.3) is 11.0 Å². The SMILES string of the molecule is C=Bc1ccc(O)c(/C=N/NC(=O)CSc2nc3ccccc3n2CC)c1. The number of aromatic nitrogens is 2. The first-order chi connectivity index (χ1) is 13.1. The molecule has 6 nitrogen and oxygen atoms in total. The van der Waals surface area contributed by atoms with Gasteiger partial charge in [0.15, 0.2) is 0 Å². The first kappa shape index (κ1) is 18.9. The number of carbonyl (C=O) groups is 1. The van der Waals surface area contributed by atoms with Crippen LogP contribution in [0.4, 0.5) is 0 Å². The third-order valence-electron chi connectivity index (χ3n) is 3.95. The van der Waals surface area contributed by atoms with E-state index in [2.05, 4.69) is 26.5 Å². The fourth-order valence-electron chi connectivity index (χ4n) is 2.61. The Morgan fingerprint density at radius 1 is 1.41 bits per heavy atom. The minimum atomic E-state index is -0.245. The van der Waals surface area contributed by atoms with Crippen molar-refractivity contribution in [2.45, 2.75) is 18.6 Å². The predicted molar refractivity (Wildman–Crippen MR) is 112 cm³/mol. The number of aryl methyl sites for hydroxylation is 1. The fourth-order valence-corrected chi connectivity index (χ4v) is 3.48. The summed E-state index contributed by atoms with van der Waals surface area (Å²) in [5.41, 5.74) is 5.81. The molecule has 8 heteroatoms. The summed E-state index contributed by atoms with van der Waals surface area (Å²) in [5, 5.41) is 14.5. The van der Waals surface area contributed by atoms with E-state index in [0.717, 1.165) is 28.2 Å². The number of imidazole rings is 1. The maximum atomic E-state index is 12.1. The Kier molecular flexibility index (Phi) is 6.08. The van der Waals surface area contributed by atoms with E-state index in [9.17, 15) is 9.90 Å². The first-order valence-electron chi connectivity index (χ1n) is 8.47. The van der Waals surface area contributed by atoms with Gasteiger partial charge in [0.2, 0.25) is 0 Å². The number of hydrazone groups is 1. The van der Waals surface area contributed by atoms with Gasteiger partial charge in [-0.2, -0.15) is 0 Å². The van der Waals surface area contributed by atoms with Gasteiger partial charge in [-0.05, 0) is 19.1 Å². The number of para-hydroxylation sites is 2. The molecule has 0 aliphatic heterocycles. The van der Waals surface area contributed by atoms with E-state index >= 15 is 0 Å². The molecule has 136 valence electrons. The number of carbonyl (C=O) groups excluding carboxylic acids is 1. The van der Waals surface area contributed by atoms with Gasteiger partial charge in [-0.25, -0.2) is 0 Å². The topological polar surface area (TPSA) is 79.5 Å². The summed E-state index contributed by atoms with van der Waals surface area (Å²) in [7, 11) is 0. The average molecular weight is 378 g/mol. The molecule has 0 aliphatic carbocycles. The number of hydrogen-bond acceptors (Lipinski definition) is 5. The Labute approximate surface area is 162 Å². The predicted octanol–water partition coefficient (Wildman–Crippen LogP) is 1.77. The van der Waals surface area contributed by atoms with Crippen LogP contribution in [0.1, 0.15) is 12.5 Å². The van der Waals surface area contributed by atoms with Crippen molar-refractivity contribution in [3.8, 4) is 5.75 Å². The molecule has 1 amide bonds. The minimum absolute atomic E-state index is 0.0876. The second kappa shape index (κ2) is 8.68. The van der Waals surface area contributed by atoms with Crippen molar-refractivity contribution >= 4 is 53.8 Å². The van der Waals surface area contributed by atoms with Crippen LogP contribution >= 0.6 is 11.8 Å². The van der Waals surface area contributed by atoms with Crippen molar-refractivity contribution in [2.24, 2.45) is 5.10 Å². The molecule has 1 heterocycles. The van der Waals surface area contributed by atoms with Gasteiger partial charge < -0.3 is 0 Å². The van der Waals surface area contributed by atoms with Gasteiger partial charge in [0.1, 0.15) is 0 Å². The monoisotopic (exact) mass is 378 g/mol. The van der Waals surface area contributed by atoms with Crippen molar-refractivity contribution in [2.75, 3.05) is 5.75 Å². The molecular formula is C19H19BN4O2S. The molecule has 0 aliphatic rings. The number of benzene rings is 2. The average Bonchev–Trinajstić information content (AvgIpc) is 3.05. The maximum absolute atomic E-state index is 12.1. The molecule has 0 atom stereocenters. The van der Waals surface area contributed by atoms with E-state index in [4.69, 9.17) is 0 Å². The zero-order valence-corrected chi connectivity index (χ0v) is 15.7. The van der Waals surface area contributed by atoms with Crippen LogP contribution in [0.5, 0.6) is 5.75 Å². The normalized spacial score (nSPS) is 11.0. The number of phenols is 1. The molecule has 0 fully saturated rings. The first-order valence-corrected chi connectivity index (χ1v) is 9.46. The van der Waals surface area contributed by atoms with Crippen molar-refractivity contribution in [1.82, 2.24) is 15.0 Å². The quantitative estimate of drug-likeness (QED) is 0.284. The summed E-state index contributed by atoms with van der Waals surface area (Å²) in [6.07, 6.45) is 1.41. The summed E-state index contributed by atoms with van der Waals surface area (Å²) in [6.45, 7) is 8.19. The number of aromatic hydroxyl groups is 1. The Hall–Kier alpha value is -2.87. The molecule has 2 aromatic carbocycles.